The van der Waals surface area contributed by atoms with Gasteiger partial charge in [-0.3, -0.25) is 0 Å². The number of nitrogens with zero attached hydrogens (tertiary/aromatic N) is 1. The summed E-state index contributed by atoms with van der Waals surface area (Å²) in [6, 6.07) is 0. The fourth-order valence-corrected chi connectivity index (χ4v) is 2.46. The molecule has 2 rings (SSSR count). The average Bonchev–Trinajstić information content (AvgIpc) is 2.50. The number of rotatable bonds is 4. The van der Waals surface area contributed by atoms with E-state index < -0.39 is 0 Å². The number of carbonyl (C=O) groups is 1. The van der Waals surface area contributed by atoms with Gasteiger partial charge in [0, 0.05) is 0 Å². The fraction of sp³-hybridized carbons (Fsp3) is 0.636. The highest BCUT2D eigenvalue weighted by atomic mass is 32.1. The first-order valence-corrected chi connectivity index (χ1v) is 6.34. The zero-order valence-corrected chi connectivity index (χ0v) is 10.2. The van der Waals surface area contributed by atoms with Gasteiger partial charge < -0.3 is 10.5 Å². The molecule has 1 fully saturated rings. The number of hydrogen-bond donors (Lipinski definition) is 1. The molecule has 1 aromatic heterocycles. The number of esters is 1. The molecule has 16 heavy (non-hydrogen) atoms. The minimum Gasteiger partial charge on any atom is -0.462 e. The van der Waals surface area contributed by atoms with E-state index in [9.17, 15) is 4.79 Å². The zero-order chi connectivity index (χ0) is 11.5. The summed E-state index contributed by atoms with van der Waals surface area (Å²) in [7, 11) is 0. The van der Waals surface area contributed by atoms with Crippen molar-refractivity contribution in [2.45, 2.75) is 32.6 Å². The molecular formula is C11H16N2O2S. The van der Waals surface area contributed by atoms with Gasteiger partial charge in [-0.1, -0.05) is 19.3 Å². The number of ether oxygens (including phenoxy) is 1. The first kappa shape index (κ1) is 11.4. The van der Waals surface area contributed by atoms with Crippen LogP contribution in [0.5, 0.6) is 0 Å². The number of anilines is 1. The Kier molecular flexibility index (Phi) is 3.43. The highest BCUT2D eigenvalue weighted by molar-refractivity contribution is 7.10. The third-order valence-electron chi connectivity index (χ3n) is 3.08. The standard InChI is InChI=1S/C11H16N2O2S/c1-7-9(10(12)16-13-7)11(14)15-6-5-8-3-2-4-8/h8H,2-6,12H2,1H3. The molecule has 0 saturated heterocycles. The lowest BCUT2D eigenvalue weighted by Gasteiger charge is -2.24. The molecule has 0 aliphatic heterocycles. The summed E-state index contributed by atoms with van der Waals surface area (Å²) in [4.78, 5) is 11.7. The SMILES string of the molecule is Cc1nsc(N)c1C(=O)OCCC1CCC1. The third kappa shape index (κ3) is 2.35. The van der Waals surface area contributed by atoms with Crippen LogP contribution < -0.4 is 5.73 Å². The Morgan fingerprint density at radius 2 is 2.38 bits per heavy atom. The quantitative estimate of drug-likeness (QED) is 0.821. The van der Waals surface area contributed by atoms with Gasteiger partial charge in [0.05, 0.1) is 12.3 Å². The van der Waals surface area contributed by atoms with Crippen LogP contribution in [0.2, 0.25) is 0 Å². The number of hydrogen-bond acceptors (Lipinski definition) is 5. The average molecular weight is 240 g/mol. The number of nitrogens with two attached hydrogens (primary N) is 1. The fourth-order valence-electron chi connectivity index (χ4n) is 1.81. The summed E-state index contributed by atoms with van der Waals surface area (Å²) in [6.45, 7) is 2.27. The van der Waals surface area contributed by atoms with E-state index in [2.05, 4.69) is 4.37 Å². The molecule has 0 radical (unpaired) electrons. The first-order valence-electron chi connectivity index (χ1n) is 5.57. The summed E-state index contributed by atoms with van der Waals surface area (Å²) in [5.74, 6) is 0.426. The summed E-state index contributed by atoms with van der Waals surface area (Å²) in [5.41, 5.74) is 6.77. The minimum atomic E-state index is -0.330. The highest BCUT2D eigenvalue weighted by Crippen LogP contribution is 2.29. The van der Waals surface area contributed by atoms with Gasteiger partial charge in [-0.25, -0.2) is 4.79 Å². The molecule has 0 unspecified atom stereocenters. The van der Waals surface area contributed by atoms with Crippen molar-refractivity contribution >= 4 is 22.5 Å². The molecule has 0 bridgehead atoms. The van der Waals surface area contributed by atoms with Crippen LogP contribution in [0, 0.1) is 12.8 Å². The lowest BCUT2D eigenvalue weighted by atomic mass is 9.83. The Morgan fingerprint density at radius 1 is 1.62 bits per heavy atom. The maximum Gasteiger partial charge on any atom is 0.343 e. The smallest absolute Gasteiger partial charge is 0.343 e. The molecule has 1 aliphatic carbocycles. The molecule has 0 spiro atoms. The van der Waals surface area contributed by atoms with Crippen molar-refractivity contribution in [1.29, 1.82) is 0 Å². The van der Waals surface area contributed by atoms with Gasteiger partial charge in [-0.05, 0) is 30.8 Å². The van der Waals surface area contributed by atoms with Gasteiger partial charge in [0.2, 0.25) is 0 Å². The van der Waals surface area contributed by atoms with Gasteiger partial charge in [0.1, 0.15) is 10.6 Å². The van der Waals surface area contributed by atoms with Crippen molar-refractivity contribution < 1.29 is 9.53 Å². The zero-order valence-electron chi connectivity index (χ0n) is 9.36. The normalized spacial score (nSPS) is 15.8. The Balaban J connectivity index is 1.83. The summed E-state index contributed by atoms with van der Waals surface area (Å²) in [5, 5.41) is 0.450. The van der Waals surface area contributed by atoms with Crippen molar-refractivity contribution in [1.82, 2.24) is 4.37 Å². The van der Waals surface area contributed by atoms with Gasteiger partial charge in [-0.2, -0.15) is 4.37 Å². The van der Waals surface area contributed by atoms with Crippen LogP contribution in [0.15, 0.2) is 0 Å². The molecule has 0 atom stereocenters. The molecule has 1 heterocycles. The van der Waals surface area contributed by atoms with E-state index in [4.69, 9.17) is 10.5 Å². The molecule has 4 nitrogen and oxygen atoms in total. The van der Waals surface area contributed by atoms with Crippen molar-refractivity contribution in [3.8, 4) is 0 Å². The molecule has 1 aliphatic rings. The largest absolute Gasteiger partial charge is 0.462 e. The molecule has 1 saturated carbocycles. The molecule has 88 valence electrons. The monoisotopic (exact) mass is 240 g/mol. The Labute approximate surface area is 99.0 Å². The third-order valence-corrected chi connectivity index (χ3v) is 3.84. The van der Waals surface area contributed by atoms with Gasteiger partial charge in [0.15, 0.2) is 0 Å². The second kappa shape index (κ2) is 4.82. The predicted octanol–water partition coefficient (Wildman–Crippen LogP) is 2.38. The van der Waals surface area contributed by atoms with Crippen LogP contribution >= 0.6 is 11.5 Å². The van der Waals surface area contributed by atoms with E-state index in [-0.39, 0.29) is 5.97 Å². The molecule has 5 heteroatoms. The molecule has 1 aromatic rings. The van der Waals surface area contributed by atoms with E-state index in [1.165, 1.54) is 19.3 Å². The van der Waals surface area contributed by atoms with Crippen LogP contribution in [-0.4, -0.2) is 16.9 Å². The van der Waals surface area contributed by atoms with Crippen LogP contribution in [0.3, 0.4) is 0 Å². The number of aromatic nitrogens is 1. The molecule has 2 N–H and O–H groups in total. The van der Waals surface area contributed by atoms with Gasteiger partial charge in [0.25, 0.3) is 0 Å². The second-order valence-corrected chi connectivity index (χ2v) is 5.03. The maximum atomic E-state index is 11.7. The highest BCUT2D eigenvalue weighted by Gasteiger charge is 2.20. The molecule has 0 amide bonds. The molecule has 0 aromatic carbocycles. The Hall–Kier alpha value is -1.10. The summed E-state index contributed by atoms with van der Waals surface area (Å²) in [6.07, 6.45) is 4.85. The topological polar surface area (TPSA) is 65.2 Å². The van der Waals surface area contributed by atoms with Crippen LogP contribution in [-0.2, 0) is 4.74 Å². The second-order valence-electron chi connectivity index (χ2n) is 4.23. The minimum absolute atomic E-state index is 0.330. The Bertz CT molecular complexity index is 366. The number of carbonyl (C=O) groups excluding carboxylic acids is 1. The van der Waals surface area contributed by atoms with Gasteiger partial charge in [-0.15, -0.1) is 0 Å². The van der Waals surface area contributed by atoms with Crippen LogP contribution in [0.25, 0.3) is 0 Å². The van der Waals surface area contributed by atoms with E-state index in [1.54, 1.807) is 6.92 Å². The van der Waals surface area contributed by atoms with Crippen molar-refractivity contribution in [3.05, 3.63) is 11.3 Å². The molecular weight excluding hydrogens is 224 g/mol. The van der Waals surface area contributed by atoms with Crippen LogP contribution in [0.1, 0.15) is 41.7 Å². The predicted molar refractivity (Wildman–Crippen MR) is 63.5 cm³/mol. The summed E-state index contributed by atoms with van der Waals surface area (Å²) >= 11 is 1.14. The van der Waals surface area contributed by atoms with E-state index in [0.29, 0.717) is 22.9 Å². The number of nitrogen functional groups attached to an aromatic ring is 1. The van der Waals surface area contributed by atoms with E-state index >= 15 is 0 Å². The van der Waals surface area contributed by atoms with Crippen molar-refractivity contribution in [2.24, 2.45) is 5.92 Å². The maximum absolute atomic E-state index is 11.7. The van der Waals surface area contributed by atoms with E-state index in [1.807, 2.05) is 0 Å². The van der Waals surface area contributed by atoms with Gasteiger partial charge >= 0.3 is 5.97 Å². The van der Waals surface area contributed by atoms with Crippen molar-refractivity contribution in [2.75, 3.05) is 12.3 Å². The Morgan fingerprint density at radius 3 is 2.88 bits per heavy atom. The first-order chi connectivity index (χ1) is 7.68. The number of aryl methyl sites for hydroxylation is 1. The van der Waals surface area contributed by atoms with E-state index in [0.717, 1.165) is 23.9 Å². The van der Waals surface area contributed by atoms with Crippen molar-refractivity contribution in [3.63, 3.8) is 0 Å². The van der Waals surface area contributed by atoms with Crippen LogP contribution in [0.4, 0.5) is 5.00 Å². The lowest BCUT2D eigenvalue weighted by molar-refractivity contribution is 0.0465. The lowest BCUT2D eigenvalue weighted by Crippen LogP contribution is -2.16. The summed E-state index contributed by atoms with van der Waals surface area (Å²) < 4.78 is 9.23.